The monoisotopic (exact) mass is 158 g/mol. The Balaban J connectivity index is 2.31. The summed E-state index contributed by atoms with van der Waals surface area (Å²) in [6.45, 7) is 8.59. The third-order valence-electron chi connectivity index (χ3n) is 2.95. The molecule has 0 N–H and O–H groups in total. The maximum absolute atomic E-state index is 4.08. The number of rotatable bonds is 1. The quantitative estimate of drug-likeness (QED) is 0.550. The minimum absolute atomic E-state index is 0.335. The van der Waals surface area contributed by atoms with Gasteiger partial charge in [-0.15, -0.1) is 0 Å². The van der Waals surface area contributed by atoms with Crippen LogP contribution in [-0.4, -0.2) is 0 Å². The average molecular weight is 158 g/mol. The molecule has 0 heteroatoms. The van der Waals surface area contributed by atoms with Gasteiger partial charge >= 0.3 is 0 Å². The maximum Gasteiger partial charge on any atom is 0.0140 e. The fourth-order valence-corrected chi connectivity index (χ4v) is 1.90. The van der Waals surface area contributed by atoms with Crippen molar-refractivity contribution in [2.75, 3.05) is 0 Å². The van der Waals surface area contributed by atoms with Crippen molar-refractivity contribution < 1.29 is 0 Å². The second-order valence-corrected chi connectivity index (χ2v) is 4.09. The summed E-state index contributed by atoms with van der Waals surface area (Å²) in [5.41, 5.74) is 3.11. The van der Waals surface area contributed by atoms with Crippen molar-refractivity contribution in [1.82, 2.24) is 0 Å². The SMILES string of the molecule is C=C1C(c2ccccc2)C1(C)C. The molecule has 0 bridgehead atoms. The smallest absolute Gasteiger partial charge is 0.0140 e. The summed E-state index contributed by atoms with van der Waals surface area (Å²) in [7, 11) is 0. The summed E-state index contributed by atoms with van der Waals surface area (Å²) in [6.07, 6.45) is 0. The van der Waals surface area contributed by atoms with Gasteiger partial charge in [0.1, 0.15) is 0 Å². The van der Waals surface area contributed by atoms with E-state index in [9.17, 15) is 0 Å². The summed E-state index contributed by atoms with van der Waals surface area (Å²) in [5.74, 6) is 0.596. The topological polar surface area (TPSA) is 0 Å². The standard InChI is InChI=1S/C12H14/c1-9-11(12(9,2)3)10-7-5-4-6-8-10/h4-8,11H,1H2,2-3H3. The summed E-state index contributed by atoms with van der Waals surface area (Å²) < 4.78 is 0. The highest BCUT2D eigenvalue weighted by atomic mass is 14.5. The lowest BCUT2D eigenvalue weighted by molar-refractivity contribution is 0.642. The van der Waals surface area contributed by atoms with Crippen LogP contribution in [0.2, 0.25) is 0 Å². The zero-order valence-electron chi connectivity index (χ0n) is 7.67. The molecule has 1 fully saturated rings. The molecule has 12 heavy (non-hydrogen) atoms. The lowest BCUT2D eigenvalue weighted by Gasteiger charge is -2.00. The van der Waals surface area contributed by atoms with Gasteiger partial charge in [0.25, 0.3) is 0 Å². The lowest BCUT2D eigenvalue weighted by atomic mass is 10.0. The Morgan fingerprint density at radius 2 is 1.67 bits per heavy atom. The second-order valence-electron chi connectivity index (χ2n) is 4.09. The van der Waals surface area contributed by atoms with E-state index in [1.165, 1.54) is 11.1 Å². The fourth-order valence-electron chi connectivity index (χ4n) is 1.90. The molecule has 1 aromatic carbocycles. The van der Waals surface area contributed by atoms with Crippen molar-refractivity contribution in [3.05, 3.63) is 48.0 Å². The molecule has 2 rings (SSSR count). The molecular formula is C12H14. The molecule has 0 aliphatic heterocycles. The Hall–Kier alpha value is -1.04. The Morgan fingerprint density at radius 1 is 1.17 bits per heavy atom. The Labute approximate surface area is 73.9 Å². The molecule has 1 aliphatic rings. The fraction of sp³-hybridized carbons (Fsp3) is 0.333. The molecule has 0 radical (unpaired) electrons. The van der Waals surface area contributed by atoms with Gasteiger partial charge in [0.05, 0.1) is 0 Å². The Morgan fingerprint density at radius 3 is 2.08 bits per heavy atom. The molecule has 1 unspecified atom stereocenters. The predicted octanol–water partition coefficient (Wildman–Crippen LogP) is 3.37. The molecule has 0 saturated heterocycles. The molecule has 1 atom stereocenters. The first kappa shape index (κ1) is 7.60. The van der Waals surface area contributed by atoms with Crippen LogP contribution < -0.4 is 0 Å². The largest absolute Gasteiger partial charge is 0.0986 e. The van der Waals surface area contributed by atoms with E-state index in [1.807, 2.05) is 0 Å². The minimum atomic E-state index is 0.335. The van der Waals surface area contributed by atoms with Crippen molar-refractivity contribution in [2.24, 2.45) is 5.41 Å². The Bertz CT molecular complexity index is 306. The molecule has 0 nitrogen and oxygen atoms in total. The summed E-state index contributed by atoms with van der Waals surface area (Å²) >= 11 is 0. The van der Waals surface area contributed by atoms with E-state index < -0.39 is 0 Å². The van der Waals surface area contributed by atoms with Crippen LogP contribution in [0.1, 0.15) is 25.3 Å². The van der Waals surface area contributed by atoms with Gasteiger partial charge in [-0.05, 0) is 11.0 Å². The minimum Gasteiger partial charge on any atom is -0.0986 e. The van der Waals surface area contributed by atoms with Crippen molar-refractivity contribution in [1.29, 1.82) is 0 Å². The van der Waals surface area contributed by atoms with E-state index in [0.29, 0.717) is 11.3 Å². The summed E-state index contributed by atoms with van der Waals surface area (Å²) in [6, 6.07) is 10.6. The summed E-state index contributed by atoms with van der Waals surface area (Å²) in [4.78, 5) is 0. The zero-order valence-corrected chi connectivity index (χ0v) is 7.67. The Kier molecular flexibility index (Phi) is 1.41. The van der Waals surface area contributed by atoms with Crippen LogP contribution >= 0.6 is 0 Å². The molecule has 0 amide bonds. The van der Waals surface area contributed by atoms with Gasteiger partial charge < -0.3 is 0 Å². The van der Waals surface area contributed by atoms with Gasteiger partial charge in [0, 0.05) is 5.92 Å². The lowest BCUT2D eigenvalue weighted by Crippen LogP contribution is -1.88. The molecule has 1 aromatic rings. The van der Waals surface area contributed by atoms with Gasteiger partial charge in [-0.3, -0.25) is 0 Å². The number of benzene rings is 1. The van der Waals surface area contributed by atoms with Crippen LogP contribution in [0.15, 0.2) is 42.5 Å². The first-order chi connectivity index (χ1) is 5.64. The zero-order chi connectivity index (χ0) is 8.77. The highest BCUT2D eigenvalue weighted by Crippen LogP contribution is 2.62. The van der Waals surface area contributed by atoms with Gasteiger partial charge in [0.2, 0.25) is 0 Å². The van der Waals surface area contributed by atoms with E-state index in [2.05, 4.69) is 50.8 Å². The van der Waals surface area contributed by atoms with Crippen LogP contribution in [0.5, 0.6) is 0 Å². The van der Waals surface area contributed by atoms with Crippen LogP contribution in [0.3, 0.4) is 0 Å². The van der Waals surface area contributed by atoms with Crippen LogP contribution in [0.25, 0.3) is 0 Å². The van der Waals surface area contributed by atoms with E-state index in [1.54, 1.807) is 0 Å². The van der Waals surface area contributed by atoms with E-state index in [0.717, 1.165) is 0 Å². The van der Waals surface area contributed by atoms with Crippen molar-refractivity contribution >= 4 is 0 Å². The van der Waals surface area contributed by atoms with Crippen LogP contribution in [0.4, 0.5) is 0 Å². The third kappa shape index (κ3) is 0.911. The molecule has 0 aromatic heterocycles. The van der Waals surface area contributed by atoms with E-state index in [4.69, 9.17) is 0 Å². The van der Waals surface area contributed by atoms with E-state index in [-0.39, 0.29) is 0 Å². The van der Waals surface area contributed by atoms with Crippen LogP contribution in [0, 0.1) is 5.41 Å². The van der Waals surface area contributed by atoms with Crippen LogP contribution in [-0.2, 0) is 0 Å². The number of hydrogen-bond acceptors (Lipinski definition) is 0. The second kappa shape index (κ2) is 2.22. The number of allylic oxidation sites excluding steroid dienone is 1. The highest BCUT2D eigenvalue weighted by molar-refractivity contribution is 5.47. The first-order valence-corrected chi connectivity index (χ1v) is 4.38. The maximum atomic E-state index is 4.08. The third-order valence-corrected chi connectivity index (χ3v) is 2.95. The van der Waals surface area contributed by atoms with Crippen molar-refractivity contribution in [3.63, 3.8) is 0 Å². The van der Waals surface area contributed by atoms with E-state index >= 15 is 0 Å². The molecular weight excluding hydrogens is 144 g/mol. The normalized spacial score (nSPS) is 25.5. The molecule has 0 heterocycles. The molecule has 0 spiro atoms. The number of hydrogen-bond donors (Lipinski definition) is 0. The highest BCUT2D eigenvalue weighted by Gasteiger charge is 2.51. The van der Waals surface area contributed by atoms with Gasteiger partial charge in [-0.25, -0.2) is 0 Å². The predicted molar refractivity (Wildman–Crippen MR) is 52.1 cm³/mol. The molecule has 1 saturated carbocycles. The van der Waals surface area contributed by atoms with Gasteiger partial charge in [-0.1, -0.05) is 56.3 Å². The summed E-state index contributed by atoms with van der Waals surface area (Å²) in [5, 5.41) is 0. The molecule has 1 aliphatic carbocycles. The van der Waals surface area contributed by atoms with Crippen molar-refractivity contribution in [2.45, 2.75) is 19.8 Å². The van der Waals surface area contributed by atoms with Gasteiger partial charge in [-0.2, -0.15) is 0 Å². The van der Waals surface area contributed by atoms with Gasteiger partial charge in [0.15, 0.2) is 0 Å². The first-order valence-electron chi connectivity index (χ1n) is 4.38. The average Bonchev–Trinajstić information content (AvgIpc) is 2.53. The molecule has 62 valence electrons. The van der Waals surface area contributed by atoms with Crippen molar-refractivity contribution in [3.8, 4) is 0 Å².